The van der Waals surface area contributed by atoms with Gasteiger partial charge in [0.05, 0.1) is 30.2 Å². The van der Waals surface area contributed by atoms with E-state index < -0.39 is 23.4 Å². The molecule has 0 radical (unpaired) electrons. The molecule has 0 aliphatic carbocycles. The van der Waals surface area contributed by atoms with Gasteiger partial charge in [0.1, 0.15) is 17.0 Å². The lowest BCUT2D eigenvalue weighted by Gasteiger charge is -2.40. The molecule has 2 saturated heterocycles. The summed E-state index contributed by atoms with van der Waals surface area (Å²) in [6.45, 7) is 6.91. The second-order valence-electron chi connectivity index (χ2n) is 11.0. The van der Waals surface area contributed by atoms with E-state index in [1.165, 1.54) is 30.6 Å². The summed E-state index contributed by atoms with van der Waals surface area (Å²) in [6, 6.07) is 3.92. The number of thiazole rings is 1. The van der Waals surface area contributed by atoms with Crippen LogP contribution < -0.4 is 10.6 Å². The Kier molecular flexibility index (Phi) is 8.67. The van der Waals surface area contributed by atoms with Gasteiger partial charge in [-0.3, -0.25) is 15.0 Å². The number of carboxylic acid groups (broad SMARTS) is 1. The van der Waals surface area contributed by atoms with E-state index in [1.807, 2.05) is 10.3 Å². The number of aromatic nitrogens is 1. The lowest BCUT2D eigenvalue weighted by molar-refractivity contribution is -0.147. The fourth-order valence-electron chi connectivity index (χ4n) is 5.58. The van der Waals surface area contributed by atoms with Crippen LogP contribution in [-0.4, -0.2) is 94.3 Å². The molecule has 0 amide bonds. The summed E-state index contributed by atoms with van der Waals surface area (Å²) in [5.74, 6) is -1.73. The number of methoxy groups -OCH3 is 1. The molecule has 14 heteroatoms. The highest BCUT2D eigenvalue weighted by molar-refractivity contribution is 9.10. The summed E-state index contributed by atoms with van der Waals surface area (Å²) in [5, 5.41) is 20.0. The van der Waals surface area contributed by atoms with Gasteiger partial charge in [0, 0.05) is 61.0 Å². The van der Waals surface area contributed by atoms with Crippen LogP contribution in [0.25, 0.3) is 0 Å². The summed E-state index contributed by atoms with van der Waals surface area (Å²) in [5.41, 5.74) is 0.901. The van der Waals surface area contributed by atoms with Gasteiger partial charge in [-0.15, -0.1) is 11.3 Å². The first-order valence-corrected chi connectivity index (χ1v) is 15.3. The van der Waals surface area contributed by atoms with Crippen LogP contribution >= 0.6 is 39.5 Å². The lowest BCUT2D eigenvalue weighted by Crippen LogP contribution is -2.54. The number of carbonyl (C=O) groups excluding carboxylic acids is 1. The first-order valence-electron chi connectivity index (χ1n) is 13.2. The number of piperazine rings is 1. The predicted molar refractivity (Wildman–Crippen MR) is 160 cm³/mol. The molecular weight excluding hydrogens is 635 g/mol. The number of rotatable bonds is 8. The fraction of sp³-hybridized carbons (Fsp3) is 0.481. The van der Waals surface area contributed by atoms with E-state index in [4.69, 9.17) is 17.0 Å². The van der Waals surface area contributed by atoms with Crippen molar-refractivity contribution in [2.75, 3.05) is 46.4 Å². The molecule has 0 bridgehead atoms. The van der Waals surface area contributed by atoms with E-state index in [9.17, 15) is 19.1 Å². The van der Waals surface area contributed by atoms with Crippen LogP contribution in [0.1, 0.15) is 36.6 Å². The van der Waals surface area contributed by atoms with Gasteiger partial charge < -0.3 is 25.0 Å². The van der Waals surface area contributed by atoms with Crippen molar-refractivity contribution in [2.45, 2.75) is 32.1 Å². The van der Waals surface area contributed by atoms with Crippen LogP contribution in [0.2, 0.25) is 0 Å². The van der Waals surface area contributed by atoms with Gasteiger partial charge >= 0.3 is 11.9 Å². The van der Waals surface area contributed by atoms with E-state index in [1.54, 1.807) is 26.1 Å². The maximum atomic E-state index is 14.0. The molecule has 0 spiro atoms. The molecule has 41 heavy (non-hydrogen) atoms. The standard InChI is InChI=1S/C27H32BrFN6O4S2/c1-27(2,25(37)38)14-34-12-16-11-33(7-8-35(16)26(34)40)13-19-20(24(36)39-3)21(17-5-4-15(29)10-18(17)28)32-22(31-19)23-30-6-9-41-23/h4-6,9-10,16,21-22,31-32H,7-8,11-14H2,1-3H3,(H,37,38)/t16-,21?,22?/m0/s1. The highest BCUT2D eigenvalue weighted by Crippen LogP contribution is 2.37. The summed E-state index contributed by atoms with van der Waals surface area (Å²) in [7, 11) is 1.35. The third-order valence-electron chi connectivity index (χ3n) is 7.70. The molecule has 2 unspecified atom stereocenters. The average Bonchev–Trinajstić information content (AvgIpc) is 3.56. The Morgan fingerprint density at radius 1 is 1.32 bits per heavy atom. The van der Waals surface area contributed by atoms with E-state index in [0.29, 0.717) is 65.7 Å². The van der Waals surface area contributed by atoms with Crippen molar-refractivity contribution in [3.8, 4) is 0 Å². The van der Waals surface area contributed by atoms with E-state index in [-0.39, 0.29) is 18.0 Å². The Labute approximate surface area is 255 Å². The Balaban J connectivity index is 1.43. The highest BCUT2D eigenvalue weighted by atomic mass is 79.9. The largest absolute Gasteiger partial charge is 0.481 e. The minimum Gasteiger partial charge on any atom is -0.481 e. The van der Waals surface area contributed by atoms with E-state index in [0.717, 1.165) is 5.01 Å². The van der Waals surface area contributed by atoms with Crippen LogP contribution in [0.3, 0.4) is 0 Å². The molecular formula is C27H32BrFN6O4S2. The molecule has 3 atom stereocenters. The number of ether oxygens (including phenoxy) is 1. The topological polar surface area (TPSA) is 110 Å². The van der Waals surface area contributed by atoms with Crippen molar-refractivity contribution < 1.29 is 23.8 Å². The van der Waals surface area contributed by atoms with Gasteiger partial charge in [0.25, 0.3) is 0 Å². The molecule has 3 N–H and O–H groups in total. The van der Waals surface area contributed by atoms with Gasteiger partial charge in [0.2, 0.25) is 0 Å². The quantitative estimate of drug-likeness (QED) is 0.286. The van der Waals surface area contributed by atoms with Crippen molar-refractivity contribution in [3.05, 3.63) is 61.9 Å². The molecule has 2 aromatic rings. The maximum Gasteiger partial charge on any atom is 0.337 e. The zero-order valence-electron chi connectivity index (χ0n) is 22.9. The number of carbonyl (C=O) groups is 2. The molecule has 3 aliphatic heterocycles. The number of fused-ring (bicyclic) bond motifs is 1. The van der Waals surface area contributed by atoms with Crippen LogP contribution in [-0.2, 0) is 14.3 Å². The molecule has 3 aliphatic rings. The predicted octanol–water partition coefficient (Wildman–Crippen LogP) is 3.10. The van der Waals surface area contributed by atoms with Crippen LogP contribution in [0.15, 0.2) is 45.5 Å². The number of hydrogen-bond acceptors (Lipinski definition) is 9. The van der Waals surface area contributed by atoms with E-state index in [2.05, 4.69) is 41.3 Å². The van der Waals surface area contributed by atoms with Gasteiger partial charge in [0.15, 0.2) is 5.11 Å². The third kappa shape index (κ3) is 6.12. The molecule has 1 aromatic heterocycles. The number of nitrogens with one attached hydrogen (secondary N) is 2. The zero-order chi connectivity index (χ0) is 29.5. The maximum absolute atomic E-state index is 14.0. The van der Waals surface area contributed by atoms with Gasteiger partial charge in [-0.1, -0.05) is 22.0 Å². The number of benzene rings is 1. The van der Waals surface area contributed by atoms with Gasteiger partial charge in [-0.25, -0.2) is 14.2 Å². The Morgan fingerprint density at radius 2 is 2.10 bits per heavy atom. The van der Waals surface area contributed by atoms with Crippen LogP contribution in [0.5, 0.6) is 0 Å². The summed E-state index contributed by atoms with van der Waals surface area (Å²) in [6.07, 6.45) is 1.35. The summed E-state index contributed by atoms with van der Waals surface area (Å²) in [4.78, 5) is 35.9. The first-order chi connectivity index (χ1) is 19.5. The van der Waals surface area contributed by atoms with Crippen molar-refractivity contribution >= 4 is 56.5 Å². The number of esters is 1. The summed E-state index contributed by atoms with van der Waals surface area (Å²) >= 11 is 10.7. The fourth-order valence-corrected chi connectivity index (χ4v) is 7.18. The van der Waals surface area contributed by atoms with Gasteiger partial charge in [-0.2, -0.15) is 0 Å². The molecule has 220 valence electrons. The second kappa shape index (κ2) is 11.9. The molecule has 10 nitrogen and oxygen atoms in total. The third-order valence-corrected chi connectivity index (χ3v) is 9.72. The Bertz CT molecular complexity index is 1370. The Hall–Kier alpha value is -2.65. The van der Waals surface area contributed by atoms with Crippen molar-refractivity contribution in [1.29, 1.82) is 0 Å². The van der Waals surface area contributed by atoms with Crippen molar-refractivity contribution in [3.63, 3.8) is 0 Å². The average molecular weight is 668 g/mol. The second-order valence-corrected chi connectivity index (χ2v) is 13.2. The number of nitrogens with zero attached hydrogens (tertiary/aromatic N) is 4. The summed E-state index contributed by atoms with van der Waals surface area (Å²) < 4.78 is 19.8. The number of hydrogen-bond donors (Lipinski definition) is 3. The number of aliphatic carboxylic acids is 1. The molecule has 0 saturated carbocycles. The number of carboxylic acids is 1. The molecule has 5 rings (SSSR count). The Morgan fingerprint density at radius 3 is 2.76 bits per heavy atom. The van der Waals surface area contributed by atoms with Crippen molar-refractivity contribution in [1.82, 2.24) is 30.3 Å². The normalized spacial score (nSPS) is 23.4. The molecule has 4 heterocycles. The van der Waals surface area contributed by atoms with E-state index >= 15 is 0 Å². The minimum atomic E-state index is -0.925. The number of thiocarbonyl (C=S) groups is 1. The number of halogens is 2. The smallest absolute Gasteiger partial charge is 0.337 e. The lowest BCUT2D eigenvalue weighted by atomic mass is 9.93. The molecule has 2 fully saturated rings. The minimum absolute atomic E-state index is 0.0986. The van der Waals surface area contributed by atoms with Crippen LogP contribution in [0.4, 0.5) is 4.39 Å². The van der Waals surface area contributed by atoms with Crippen LogP contribution in [0, 0.1) is 11.2 Å². The van der Waals surface area contributed by atoms with Gasteiger partial charge in [-0.05, 0) is 43.8 Å². The first kappa shape index (κ1) is 29.8. The zero-order valence-corrected chi connectivity index (χ0v) is 26.1. The highest BCUT2D eigenvalue weighted by Gasteiger charge is 2.43. The molecule has 1 aromatic carbocycles. The monoisotopic (exact) mass is 666 g/mol. The van der Waals surface area contributed by atoms with Crippen molar-refractivity contribution in [2.24, 2.45) is 5.41 Å². The SMILES string of the molecule is COC(=O)C1=C(CN2CCN3C(=S)N(CC(C)(C)C(=O)O)C[C@@H]3C2)NC(c2nccs2)NC1c1ccc(F)cc1Br.